The van der Waals surface area contributed by atoms with Gasteiger partial charge in [0.25, 0.3) is 0 Å². The minimum Gasteiger partial charge on any atom is -0.388 e. The van der Waals surface area contributed by atoms with Gasteiger partial charge >= 0.3 is 6.18 Å². The minimum absolute atomic E-state index is 0.117. The van der Waals surface area contributed by atoms with E-state index >= 15 is 0 Å². The summed E-state index contributed by atoms with van der Waals surface area (Å²) < 4.78 is 37.3. The molecule has 1 nitrogen and oxygen atoms in total. The average Bonchev–Trinajstić information content (AvgIpc) is 2.15. The fourth-order valence-electron chi connectivity index (χ4n) is 1.31. The molecule has 0 heterocycles. The molecule has 0 fully saturated rings. The highest BCUT2D eigenvalue weighted by Crippen LogP contribution is 2.35. The number of aliphatic hydroxyl groups excluding tert-OH is 1. The molecule has 0 aliphatic heterocycles. The van der Waals surface area contributed by atoms with Crippen molar-refractivity contribution >= 4 is 11.6 Å². The van der Waals surface area contributed by atoms with Gasteiger partial charge in [0.15, 0.2) is 0 Å². The molecule has 16 heavy (non-hydrogen) atoms. The van der Waals surface area contributed by atoms with Crippen molar-refractivity contribution in [2.75, 3.05) is 0 Å². The van der Waals surface area contributed by atoms with Crippen LogP contribution < -0.4 is 0 Å². The minimum atomic E-state index is -4.42. The number of aliphatic hydroxyl groups is 1. The molecule has 0 radical (unpaired) electrons. The van der Waals surface area contributed by atoms with Crippen LogP contribution in [0.2, 0.25) is 5.02 Å². The van der Waals surface area contributed by atoms with Gasteiger partial charge in [0.2, 0.25) is 0 Å². The standard InChI is InChI=1S/C11H12ClF3O/c1-6(2)10(16)8-5-7(11(13,14)15)3-4-9(8)12/h3-6,10,16H,1-2H3. The summed E-state index contributed by atoms with van der Waals surface area (Å²) in [6.45, 7) is 3.42. The van der Waals surface area contributed by atoms with E-state index in [1.165, 1.54) is 0 Å². The lowest BCUT2D eigenvalue weighted by molar-refractivity contribution is -0.137. The van der Waals surface area contributed by atoms with Gasteiger partial charge in [0.05, 0.1) is 11.7 Å². The van der Waals surface area contributed by atoms with E-state index in [-0.39, 0.29) is 16.5 Å². The zero-order valence-corrected chi connectivity index (χ0v) is 9.60. The Labute approximate surface area is 96.9 Å². The summed E-state index contributed by atoms with van der Waals surface area (Å²) in [7, 11) is 0. The predicted octanol–water partition coefficient (Wildman–Crippen LogP) is 4.05. The SMILES string of the molecule is CC(C)C(O)c1cc(C(F)(F)F)ccc1Cl. The van der Waals surface area contributed by atoms with Crippen molar-refractivity contribution < 1.29 is 18.3 Å². The van der Waals surface area contributed by atoms with Gasteiger partial charge < -0.3 is 5.11 Å². The topological polar surface area (TPSA) is 20.2 Å². The van der Waals surface area contributed by atoms with Crippen molar-refractivity contribution in [2.24, 2.45) is 5.92 Å². The first-order chi connectivity index (χ1) is 7.23. The van der Waals surface area contributed by atoms with Crippen LogP contribution in [0.4, 0.5) is 13.2 Å². The van der Waals surface area contributed by atoms with Gasteiger partial charge in [-0.1, -0.05) is 25.4 Å². The lowest BCUT2D eigenvalue weighted by Gasteiger charge is -2.18. The third-order valence-corrected chi connectivity index (χ3v) is 2.62. The molecule has 0 aliphatic carbocycles. The molecular formula is C11H12ClF3O. The van der Waals surface area contributed by atoms with Crippen LogP contribution in [0, 0.1) is 5.92 Å². The van der Waals surface area contributed by atoms with Gasteiger partial charge in [0.1, 0.15) is 0 Å². The Morgan fingerprint density at radius 1 is 1.25 bits per heavy atom. The summed E-state index contributed by atoms with van der Waals surface area (Å²) in [4.78, 5) is 0. The molecular weight excluding hydrogens is 241 g/mol. The van der Waals surface area contributed by atoms with Gasteiger partial charge in [-0.2, -0.15) is 13.2 Å². The first kappa shape index (κ1) is 13.3. The fourth-order valence-corrected chi connectivity index (χ4v) is 1.54. The third-order valence-electron chi connectivity index (χ3n) is 2.27. The second-order valence-corrected chi connectivity index (χ2v) is 4.33. The molecule has 0 saturated carbocycles. The van der Waals surface area contributed by atoms with Gasteiger partial charge in [-0.3, -0.25) is 0 Å². The monoisotopic (exact) mass is 252 g/mol. The van der Waals surface area contributed by atoms with E-state index in [0.29, 0.717) is 0 Å². The molecule has 0 aliphatic rings. The van der Waals surface area contributed by atoms with E-state index in [9.17, 15) is 18.3 Å². The maximum Gasteiger partial charge on any atom is 0.416 e. The number of alkyl halides is 3. The van der Waals surface area contributed by atoms with Crippen LogP contribution in [-0.4, -0.2) is 5.11 Å². The molecule has 1 aromatic carbocycles. The second-order valence-electron chi connectivity index (χ2n) is 3.92. The molecule has 5 heteroatoms. The number of halogens is 4. The van der Waals surface area contributed by atoms with E-state index in [0.717, 1.165) is 18.2 Å². The molecule has 1 atom stereocenters. The smallest absolute Gasteiger partial charge is 0.388 e. The average molecular weight is 253 g/mol. The molecule has 1 rings (SSSR count). The summed E-state index contributed by atoms with van der Waals surface area (Å²) in [5.74, 6) is -0.194. The van der Waals surface area contributed by atoms with Crippen LogP contribution in [0.5, 0.6) is 0 Å². The van der Waals surface area contributed by atoms with Gasteiger partial charge in [-0.15, -0.1) is 0 Å². The maximum atomic E-state index is 12.4. The lowest BCUT2D eigenvalue weighted by atomic mass is 9.97. The Hall–Kier alpha value is -0.740. The van der Waals surface area contributed by atoms with E-state index < -0.39 is 17.8 Å². The van der Waals surface area contributed by atoms with Gasteiger partial charge in [-0.05, 0) is 29.7 Å². The molecule has 0 spiro atoms. The number of benzene rings is 1. The highest BCUT2D eigenvalue weighted by atomic mass is 35.5. The van der Waals surface area contributed by atoms with E-state index in [1.807, 2.05) is 0 Å². The van der Waals surface area contributed by atoms with E-state index in [1.54, 1.807) is 13.8 Å². The highest BCUT2D eigenvalue weighted by Gasteiger charge is 2.31. The van der Waals surface area contributed by atoms with Crippen molar-refractivity contribution in [2.45, 2.75) is 26.1 Å². The van der Waals surface area contributed by atoms with E-state index in [4.69, 9.17) is 11.6 Å². The van der Waals surface area contributed by atoms with Crippen molar-refractivity contribution in [1.82, 2.24) is 0 Å². The van der Waals surface area contributed by atoms with Crippen molar-refractivity contribution in [3.63, 3.8) is 0 Å². The Bertz CT molecular complexity index is 374. The second kappa shape index (κ2) is 4.63. The first-order valence-electron chi connectivity index (χ1n) is 4.78. The summed E-state index contributed by atoms with van der Waals surface area (Å²) >= 11 is 5.76. The van der Waals surface area contributed by atoms with Crippen molar-refractivity contribution in [3.8, 4) is 0 Å². The fraction of sp³-hybridized carbons (Fsp3) is 0.455. The Kier molecular flexibility index (Phi) is 3.86. The zero-order chi connectivity index (χ0) is 12.5. The molecule has 0 amide bonds. The largest absolute Gasteiger partial charge is 0.416 e. The summed E-state index contributed by atoms with van der Waals surface area (Å²) in [6, 6.07) is 2.96. The van der Waals surface area contributed by atoms with Crippen LogP contribution in [-0.2, 0) is 6.18 Å². The van der Waals surface area contributed by atoms with Gasteiger partial charge in [0, 0.05) is 5.02 Å². The summed E-state index contributed by atoms with van der Waals surface area (Å²) in [5, 5.41) is 9.86. The number of hydrogen-bond donors (Lipinski definition) is 1. The molecule has 0 saturated heterocycles. The van der Waals surface area contributed by atoms with Crippen LogP contribution in [0.15, 0.2) is 18.2 Å². The molecule has 0 bridgehead atoms. The Morgan fingerprint density at radius 2 is 1.81 bits per heavy atom. The van der Waals surface area contributed by atoms with Crippen LogP contribution >= 0.6 is 11.6 Å². The molecule has 1 unspecified atom stereocenters. The zero-order valence-electron chi connectivity index (χ0n) is 8.85. The number of rotatable bonds is 2. The lowest BCUT2D eigenvalue weighted by Crippen LogP contribution is -2.10. The van der Waals surface area contributed by atoms with Crippen molar-refractivity contribution in [1.29, 1.82) is 0 Å². The van der Waals surface area contributed by atoms with Crippen LogP contribution in [0.3, 0.4) is 0 Å². The molecule has 1 N–H and O–H groups in total. The summed E-state index contributed by atoms with van der Waals surface area (Å²) in [5.41, 5.74) is -0.682. The quantitative estimate of drug-likeness (QED) is 0.842. The number of hydrogen-bond acceptors (Lipinski definition) is 1. The molecule has 1 aromatic rings. The maximum absolute atomic E-state index is 12.4. The summed E-state index contributed by atoms with van der Waals surface area (Å²) in [6.07, 6.45) is -5.41. The first-order valence-corrected chi connectivity index (χ1v) is 5.16. The molecule has 0 aromatic heterocycles. The highest BCUT2D eigenvalue weighted by molar-refractivity contribution is 6.31. The predicted molar refractivity (Wildman–Crippen MR) is 56.3 cm³/mol. The normalized spacial score (nSPS) is 14.2. The van der Waals surface area contributed by atoms with Crippen molar-refractivity contribution in [3.05, 3.63) is 34.3 Å². The van der Waals surface area contributed by atoms with Crippen LogP contribution in [0.1, 0.15) is 31.1 Å². The Morgan fingerprint density at radius 3 is 2.25 bits per heavy atom. The van der Waals surface area contributed by atoms with Gasteiger partial charge in [-0.25, -0.2) is 0 Å². The Balaban J connectivity index is 3.19. The molecule has 90 valence electrons. The van der Waals surface area contributed by atoms with Crippen LogP contribution in [0.25, 0.3) is 0 Å². The third kappa shape index (κ3) is 2.89. The van der Waals surface area contributed by atoms with E-state index in [2.05, 4.69) is 0 Å².